The molecule has 0 unspecified atom stereocenters. The number of hydrogen-bond acceptors (Lipinski definition) is 3. The molecule has 6 rings (SSSR count). The maximum atomic E-state index is 13.7. The zero-order valence-electron chi connectivity index (χ0n) is 16.9. The average molecular weight is 463 g/mol. The highest BCUT2D eigenvalue weighted by molar-refractivity contribution is 9.10. The number of ketones is 1. The number of carbonyl (C=O) groups excluding carboxylic acids is 2. The molecule has 0 atom stereocenters. The molecule has 3 aliphatic carbocycles. The predicted molar refractivity (Wildman–Crippen MR) is 121 cm³/mol. The molecule has 0 aliphatic heterocycles. The number of halogens is 1. The molecule has 5 heteroatoms. The molecule has 3 aromatic rings. The van der Waals surface area contributed by atoms with Crippen LogP contribution in [0.15, 0.2) is 53.0 Å². The summed E-state index contributed by atoms with van der Waals surface area (Å²) in [4.78, 5) is 30.9. The van der Waals surface area contributed by atoms with Gasteiger partial charge in [0.25, 0.3) is 5.91 Å². The molecule has 1 heterocycles. The van der Waals surface area contributed by atoms with Crippen molar-refractivity contribution in [1.82, 2.24) is 10.3 Å². The van der Waals surface area contributed by atoms with Crippen molar-refractivity contribution >= 4 is 38.5 Å². The van der Waals surface area contributed by atoms with Crippen molar-refractivity contribution in [2.75, 3.05) is 0 Å². The Morgan fingerprint density at radius 1 is 1.13 bits per heavy atom. The van der Waals surface area contributed by atoms with Crippen LogP contribution < -0.4 is 5.32 Å². The van der Waals surface area contributed by atoms with Crippen molar-refractivity contribution in [3.8, 4) is 11.3 Å². The lowest BCUT2D eigenvalue weighted by atomic mass is 9.65. The van der Waals surface area contributed by atoms with Crippen molar-refractivity contribution < 1.29 is 9.59 Å². The first kappa shape index (κ1) is 19.4. The summed E-state index contributed by atoms with van der Waals surface area (Å²) in [6, 6.07) is 15.8. The lowest BCUT2D eigenvalue weighted by molar-refractivity contribution is -0.130. The Morgan fingerprint density at radius 3 is 2.57 bits per heavy atom. The number of amides is 1. The lowest BCUT2D eigenvalue weighted by Gasteiger charge is -2.45. The minimum Gasteiger partial charge on any atom is -0.346 e. The molecule has 2 bridgehead atoms. The van der Waals surface area contributed by atoms with Crippen molar-refractivity contribution in [2.24, 2.45) is 5.92 Å². The molecule has 4 nitrogen and oxygen atoms in total. The molecule has 152 valence electrons. The molecule has 0 radical (unpaired) electrons. The molecule has 3 fully saturated rings. The molecule has 1 N–H and O–H groups in total. The number of Topliss-reactive ketones (excluding diaryl/α,β-unsaturated/α-hetero) is 1. The van der Waals surface area contributed by atoms with Gasteiger partial charge in [-0.05, 0) is 56.4 Å². The van der Waals surface area contributed by atoms with E-state index in [1.54, 1.807) is 0 Å². The van der Waals surface area contributed by atoms with Gasteiger partial charge in [-0.25, -0.2) is 4.98 Å². The van der Waals surface area contributed by atoms with Gasteiger partial charge in [0.05, 0.1) is 16.8 Å². The maximum absolute atomic E-state index is 13.7. The van der Waals surface area contributed by atoms with E-state index < -0.39 is 5.54 Å². The van der Waals surface area contributed by atoms with Crippen molar-refractivity contribution in [3.05, 3.63) is 64.1 Å². The molecule has 30 heavy (non-hydrogen) atoms. The molecule has 3 aliphatic rings. The second-order valence-electron chi connectivity index (χ2n) is 8.64. The zero-order chi connectivity index (χ0) is 20.9. The normalized spacial score (nSPS) is 23.0. The van der Waals surface area contributed by atoms with Crippen LogP contribution in [0.2, 0.25) is 0 Å². The van der Waals surface area contributed by atoms with Crippen LogP contribution in [0.1, 0.15) is 48.0 Å². The van der Waals surface area contributed by atoms with Crippen LogP contribution >= 0.6 is 15.9 Å². The average Bonchev–Trinajstić information content (AvgIpc) is 2.74. The van der Waals surface area contributed by atoms with Gasteiger partial charge in [-0.3, -0.25) is 9.59 Å². The number of nitrogens with zero attached hydrogens (tertiary/aromatic N) is 1. The molecular weight excluding hydrogens is 440 g/mol. The van der Waals surface area contributed by atoms with E-state index in [0.717, 1.165) is 57.9 Å². The fraction of sp³-hybridized carbons (Fsp3) is 0.320. The van der Waals surface area contributed by atoms with Crippen LogP contribution in [-0.4, -0.2) is 22.2 Å². The number of pyridine rings is 1. The molecule has 1 aromatic heterocycles. The number of aromatic nitrogens is 1. The van der Waals surface area contributed by atoms with E-state index in [4.69, 9.17) is 4.98 Å². The smallest absolute Gasteiger partial charge is 0.252 e. The number of fused-ring (bicyclic) bond motifs is 4. The molecule has 0 saturated heterocycles. The first-order chi connectivity index (χ1) is 14.5. The van der Waals surface area contributed by atoms with E-state index >= 15 is 0 Å². The topological polar surface area (TPSA) is 59.1 Å². The summed E-state index contributed by atoms with van der Waals surface area (Å²) in [6.45, 7) is 1.96. The van der Waals surface area contributed by atoms with Crippen molar-refractivity contribution in [1.29, 1.82) is 0 Å². The van der Waals surface area contributed by atoms with Gasteiger partial charge in [0.15, 0.2) is 0 Å². The number of carbonyl (C=O) groups is 2. The fourth-order valence-corrected chi connectivity index (χ4v) is 5.48. The van der Waals surface area contributed by atoms with Crippen LogP contribution in [0, 0.1) is 12.8 Å². The van der Waals surface area contributed by atoms with Gasteiger partial charge >= 0.3 is 0 Å². The number of hydrogen-bond donors (Lipinski definition) is 1. The van der Waals surface area contributed by atoms with Gasteiger partial charge in [0.2, 0.25) is 0 Å². The first-order valence-electron chi connectivity index (χ1n) is 10.5. The van der Waals surface area contributed by atoms with Crippen molar-refractivity contribution in [3.63, 3.8) is 0 Å². The third-order valence-electron chi connectivity index (χ3n) is 6.75. The Morgan fingerprint density at radius 2 is 1.87 bits per heavy atom. The Bertz CT molecular complexity index is 1160. The molecule has 3 saturated carbocycles. The summed E-state index contributed by atoms with van der Waals surface area (Å²) in [6.07, 6.45) is 3.99. The van der Waals surface area contributed by atoms with Crippen LogP contribution in [0.5, 0.6) is 0 Å². The molecule has 0 spiro atoms. The third-order valence-corrected chi connectivity index (χ3v) is 7.25. The minimum atomic E-state index is -0.399. The maximum Gasteiger partial charge on any atom is 0.252 e. The Hall–Kier alpha value is -2.53. The largest absolute Gasteiger partial charge is 0.346 e. The summed E-state index contributed by atoms with van der Waals surface area (Å²) in [5, 5.41) is 4.12. The standard InChI is InChI=1S/C25H23BrN2O2/c1-15-22(24(30)28-25-11-9-16(10-12-25)21(29)14-25)19-13-18(26)7-8-20(19)27-23(15)17-5-3-2-4-6-17/h2-8,13,16H,9-12,14H2,1H3,(H,28,30). The van der Waals surface area contributed by atoms with E-state index in [9.17, 15) is 9.59 Å². The molecule has 2 aromatic carbocycles. The summed E-state index contributed by atoms with van der Waals surface area (Å²) in [7, 11) is 0. The number of nitrogens with one attached hydrogen (secondary N) is 1. The number of benzene rings is 2. The summed E-state index contributed by atoms with van der Waals surface area (Å²) < 4.78 is 0.907. The quantitative estimate of drug-likeness (QED) is 0.550. The number of rotatable bonds is 3. The van der Waals surface area contributed by atoms with E-state index in [0.29, 0.717) is 17.8 Å². The van der Waals surface area contributed by atoms with Crippen LogP contribution in [0.25, 0.3) is 22.2 Å². The van der Waals surface area contributed by atoms with Crippen LogP contribution in [-0.2, 0) is 4.79 Å². The third kappa shape index (κ3) is 3.25. The first-order valence-corrected chi connectivity index (χ1v) is 11.3. The fourth-order valence-electron chi connectivity index (χ4n) is 5.12. The predicted octanol–water partition coefficient (Wildman–Crippen LogP) is 5.60. The van der Waals surface area contributed by atoms with E-state index in [-0.39, 0.29) is 11.8 Å². The highest BCUT2D eigenvalue weighted by atomic mass is 79.9. The zero-order valence-corrected chi connectivity index (χ0v) is 18.5. The molecular formula is C25H23BrN2O2. The lowest BCUT2D eigenvalue weighted by Crippen LogP contribution is -2.56. The Balaban J connectivity index is 1.63. The van der Waals surface area contributed by atoms with E-state index in [1.807, 2.05) is 55.5 Å². The molecule has 1 amide bonds. The van der Waals surface area contributed by atoms with E-state index in [1.165, 1.54) is 0 Å². The van der Waals surface area contributed by atoms with Gasteiger partial charge in [-0.15, -0.1) is 0 Å². The summed E-state index contributed by atoms with van der Waals surface area (Å²) in [5.41, 5.74) is 3.70. The SMILES string of the molecule is Cc1c(-c2ccccc2)nc2ccc(Br)cc2c1C(=O)NC12CCC(CC1)C(=O)C2. The monoisotopic (exact) mass is 462 g/mol. The van der Waals surface area contributed by atoms with Gasteiger partial charge in [0.1, 0.15) is 5.78 Å². The second kappa shape index (κ2) is 7.31. The van der Waals surface area contributed by atoms with Crippen LogP contribution in [0.4, 0.5) is 0 Å². The van der Waals surface area contributed by atoms with Crippen LogP contribution in [0.3, 0.4) is 0 Å². The second-order valence-corrected chi connectivity index (χ2v) is 9.56. The van der Waals surface area contributed by atoms with Crippen molar-refractivity contribution in [2.45, 2.75) is 44.6 Å². The van der Waals surface area contributed by atoms with E-state index in [2.05, 4.69) is 21.2 Å². The van der Waals surface area contributed by atoms with Gasteiger partial charge < -0.3 is 5.32 Å². The highest BCUT2D eigenvalue weighted by Crippen LogP contribution is 2.42. The van der Waals surface area contributed by atoms with Gasteiger partial charge in [0, 0.05) is 33.3 Å². The Kier molecular flexibility index (Phi) is 4.73. The highest BCUT2D eigenvalue weighted by Gasteiger charge is 2.46. The minimum absolute atomic E-state index is 0.108. The Labute approximate surface area is 184 Å². The summed E-state index contributed by atoms with van der Waals surface area (Å²) >= 11 is 3.54. The van der Waals surface area contributed by atoms with Gasteiger partial charge in [-0.2, -0.15) is 0 Å². The van der Waals surface area contributed by atoms with Gasteiger partial charge in [-0.1, -0.05) is 46.3 Å². The summed E-state index contributed by atoms with van der Waals surface area (Å²) in [5.74, 6) is 0.396.